The molecule has 2 aromatic carbocycles. The van der Waals surface area contributed by atoms with Crippen LogP contribution in [0.25, 0.3) is 0 Å². The maximum absolute atomic E-state index is 9.19. The van der Waals surface area contributed by atoms with Gasteiger partial charge in [0.15, 0.2) is 0 Å². The molecule has 0 spiro atoms. The van der Waals surface area contributed by atoms with Crippen LogP contribution in [0.1, 0.15) is 58.1 Å². The minimum absolute atomic E-state index is 0. The summed E-state index contributed by atoms with van der Waals surface area (Å²) in [6.07, 6.45) is 2.88. The molecule has 0 aromatic heterocycles. The summed E-state index contributed by atoms with van der Waals surface area (Å²) < 4.78 is 11.3. The van der Waals surface area contributed by atoms with Gasteiger partial charge in [0.1, 0.15) is 11.5 Å². The van der Waals surface area contributed by atoms with E-state index in [2.05, 4.69) is 53.7 Å². The quantitative estimate of drug-likeness (QED) is 0.294. The van der Waals surface area contributed by atoms with Gasteiger partial charge in [-0.15, -0.1) is 0 Å². The molecule has 0 radical (unpaired) electrons. The Labute approximate surface area is 218 Å². The third kappa shape index (κ3) is 12.3. The fourth-order valence-corrected chi connectivity index (χ4v) is 2.78. The van der Waals surface area contributed by atoms with Gasteiger partial charge in [-0.05, 0) is 47.9 Å². The minimum atomic E-state index is -0.568. The topological polar surface area (TPSA) is 38.7 Å². The van der Waals surface area contributed by atoms with Gasteiger partial charge in [0, 0.05) is 42.1 Å². The summed E-state index contributed by atoms with van der Waals surface area (Å²) in [5.41, 5.74) is 2.36. The number of ether oxygens (including phenoxy) is 2. The fraction of sp³-hybridized carbons (Fsp3) is 0.462. The van der Waals surface area contributed by atoms with Gasteiger partial charge < -0.3 is 28.4 Å². The molecule has 0 fully saturated rings. The molecule has 1 unspecified atom stereocenters. The molecule has 174 valence electrons. The van der Waals surface area contributed by atoms with Crippen molar-refractivity contribution >= 4 is 0 Å². The smallest absolute Gasteiger partial charge is 0.122 e. The number of benzene rings is 2. The maximum atomic E-state index is 9.19. The van der Waals surface area contributed by atoms with E-state index in [1.807, 2.05) is 36.4 Å². The van der Waals surface area contributed by atoms with Crippen molar-refractivity contribution in [2.45, 2.75) is 64.9 Å². The number of para-hydroxylation sites is 2. The predicted octanol–water partition coefficient (Wildman–Crippen LogP) is 6.19. The molecule has 0 saturated carbocycles. The van der Waals surface area contributed by atoms with Crippen molar-refractivity contribution in [1.82, 2.24) is 0 Å². The van der Waals surface area contributed by atoms with E-state index < -0.39 is 6.10 Å². The fourth-order valence-electron chi connectivity index (χ4n) is 2.78. The van der Waals surface area contributed by atoms with E-state index in [1.54, 1.807) is 0 Å². The average molecular weight is 766 g/mol. The van der Waals surface area contributed by atoms with Crippen LogP contribution in [0.5, 0.6) is 11.5 Å². The van der Waals surface area contributed by atoms with Crippen LogP contribution in [0.4, 0.5) is 0 Å². The van der Waals surface area contributed by atoms with Crippen molar-refractivity contribution < 1.29 is 56.7 Å². The normalized spacial score (nSPS) is 11.2. The molecule has 1 N–H and O–H groups in total. The molecule has 1 atom stereocenters. The van der Waals surface area contributed by atoms with Crippen molar-refractivity contribution in [2.24, 2.45) is 0 Å². The Morgan fingerprint density at radius 3 is 1.87 bits per heavy atom. The van der Waals surface area contributed by atoms with Crippen molar-refractivity contribution in [1.29, 1.82) is 0 Å². The van der Waals surface area contributed by atoms with Crippen LogP contribution >= 0.6 is 0 Å². The van der Waals surface area contributed by atoms with Crippen LogP contribution in [-0.4, -0.2) is 24.4 Å². The second-order valence-corrected chi connectivity index (χ2v) is 7.79. The summed E-state index contributed by atoms with van der Waals surface area (Å²) in [6, 6.07) is 16.0. The second-order valence-electron chi connectivity index (χ2n) is 7.79. The molecule has 31 heavy (non-hydrogen) atoms. The average Bonchev–Trinajstić information content (AvgIpc) is 2.72. The zero-order valence-electron chi connectivity index (χ0n) is 19.4. The molecular formula is C26H38O3W2-2. The molecule has 0 amide bonds. The van der Waals surface area contributed by atoms with Gasteiger partial charge in [0.2, 0.25) is 0 Å². The Kier molecular flexibility index (Phi) is 18.8. The van der Waals surface area contributed by atoms with E-state index in [4.69, 9.17) is 9.47 Å². The van der Waals surface area contributed by atoms with E-state index in [0.29, 0.717) is 13.0 Å². The van der Waals surface area contributed by atoms with E-state index >= 15 is 0 Å². The first-order chi connectivity index (χ1) is 13.9. The standard InChI is InChI=1S/C14H21O.C12H17O2.2W/c1-5-11-15-13-10-8-7-9-12(13)14(3,4)6-2;1-3-8-14-12-7-5-4-6-11(12)9-10(2)13;;/h7-10H,2,5-6,11H2,1,3-4H3;4-7,10,13H,2-3,8-9H2,1H3;;/q2*-1;;. The summed E-state index contributed by atoms with van der Waals surface area (Å²) in [5, 5.41) is 9.19. The SMILES string of the molecule is [CH2-]C(O)Cc1ccccc1OCCC.[CH2-]CC(C)(C)c1ccccc1OCCC.[W].[W]. The summed E-state index contributed by atoms with van der Waals surface area (Å²) in [5.74, 6) is 1.87. The van der Waals surface area contributed by atoms with Crippen molar-refractivity contribution in [3.05, 3.63) is 73.5 Å². The monoisotopic (exact) mass is 766 g/mol. The first kappa shape index (κ1) is 32.6. The summed E-state index contributed by atoms with van der Waals surface area (Å²) in [4.78, 5) is 0. The number of hydrogen-bond acceptors (Lipinski definition) is 3. The van der Waals surface area contributed by atoms with E-state index in [-0.39, 0.29) is 47.5 Å². The van der Waals surface area contributed by atoms with Gasteiger partial charge in [-0.25, -0.2) is 0 Å². The van der Waals surface area contributed by atoms with E-state index in [9.17, 15) is 5.11 Å². The van der Waals surface area contributed by atoms with Crippen molar-refractivity contribution in [3.63, 3.8) is 0 Å². The molecular weight excluding hydrogens is 728 g/mol. The van der Waals surface area contributed by atoms with Gasteiger partial charge in [0.25, 0.3) is 0 Å². The molecule has 0 bridgehead atoms. The zero-order chi connectivity index (χ0) is 21.7. The Morgan fingerprint density at radius 1 is 0.871 bits per heavy atom. The van der Waals surface area contributed by atoms with Gasteiger partial charge in [-0.1, -0.05) is 70.2 Å². The van der Waals surface area contributed by atoms with E-state index in [1.165, 1.54) is 5.56 Å². The van der Waals surface area contributed by atoms with Gasteiger partial charge in [-0.2, -0.15) is 6.42 Å². The van der Waals surface area contributed by atoms with Gasteiger partial charge >= 0.3 is 0 Å². The Bertz CT molecular complexity index is 703. The van der Waals surface area contributed by atoms with E-state index in [0.717, 1.165) is 42.9 Å². The minimum Gasteiger partial charge on any atom is -0.493 e. The molecule has 2 rings (SSSR count). The van der Waals surface area contributed by atoms with Crippen molar-refractivity contribution in [2.75, 3.05) is 13.2 Å². The van der Waals surface area contributed by atoms with Crippen LogP contribution in [0, 0.1) is 13.8 Å². The van der Waals surface area contributed by atoms with Crippen LogP contribution in [0.3, 0.4) is 0 Å². The third-order valence-corrected chi connectivity index (χ3v) is 4.59. The molecule has 0 aliphatic rings. The molecule has 0 aliphatic heterocycles. The molecule has 3 nitrogen and oxygen atoms in total. The number of hydrogen-bond donors (Lipinski definition) is 1. The first-order valence-electron chi connectivity index (χ1n) is 10.6. The number of aliphatic hydroxyl groups is 1. The summed E-state index contributed by atoms with van der Waals surface area (Å²) in [6.45, 7) is 17.6. The summed E-state index contributed by atoms with van der Waals surface area (Å²) in [7, 11) is 0. The molecule has 0 aliphatic carbocycles. The van der Waals surface area contributed by atoms with Gasteiger partial charge in [-0.3, -0.25) is 0 Å². The molecule has 0 saturated heterocycles. The predicted molar refractivity (Wildman–Crippen MR) is 123 cm³/mol. The molecule has 2 aromatic rings. The Morgan fingerprint density at radius 2 is 1.35 bits per heavy atom. The van der Waals surface area contributed by atoms with Crippen LogP contribution < -0.4 is 9.47 Å². The third-order valence-electron chi connectivity index (χ3n) is 4.59. The second kappa shape index (κ2) is 17.9. The van der Waals surface area contributed by atoms with Crippen LogP contribution in [0.2, 0.25) is 0 Å². The Hall–Kier alpha value is -0.623. The maximum Gasteiger partial charge on any atom is 0.122 e. The van der Waals surface area contributed by atoms with Crippen LogP contribution in [-0.2, 0) is 54.0 Å². The number of aliphatic hydroxyl groups excluding tert-OH is 1. The van der Waals surface area contributed by atoms with Gasteiger partial charge in [0.05, 0.1) is 13.2 Å². The summed E-state index contributed by atoms with van der Waals surface area (Å²) >= 11 is 0. The number of rotatable bonds is 10. The Balaban J connectivity index is 0. The van der Waals surface area contributed by atoms with Crippen molar-refractivity contribution in [3.8, 4) is 11.5 Å². The van der Waals surface area contributed by atoms with Crippen LogP contribution in [0.15, 0.2) is 48.5 Å². The first-order valence-corrected chi connectivity index (χ1v) is 10.6. The molecule has 5 heteroatoms. The largest absolute Gasteiger partial charge is 0.493 e. The zero-order valence-corrected chi connectivity index (χ0v) is 25.3. The molecule has 0 heterocycles.